The van der Waals surface area contributed by atoms with E-state index in [-0.39, 0.29) is 16.3 Å². The van der Waals surface area contributed by atoms with Crippen molar-refractivity contribution in [2.75, 3.05) is 11.6 Å². The topological polar surface area (TPSA) is 107 Å². The molecule has 0 aliphatic heterocycles. The second kappa shape index (κ2) is 8.26. The smallest absolute Gasteiger partial charge is 0.373 e. The second-order valence-corrected chi connectivity index (χ2v) is 9.24. The van der Waals surface area contributed by atoms with E-state index in [1.807, 2.05) is 0 Å². The highest BCUT2D eigenvalue weighted by atomic mass is 32.2. The van der Waals surface area contributed by atoms with Crippen LogP contribution in [-0.4, -0.2) is 29.4 Å². The molecule has 1 aromatic heterocycles. The van der Waals surface area contributed by atoms with E-state index < -0.39 is 38.2 Å². The molecule has 170 valence electrons. The van der Waals surface area contributed by atoms with E-state index >= 15 is 0 Å². The van der Waals surface area contributed by atoms with E-state index in [2.05, 4.69) is 10.4 Å². The highest BCUT2D eigenvalue weighted by Gasteiger charge is 2.31. The van der Waals surface area contributed by atoms with E-state index in [0.29, 0.717) is 11.3 Å². The number of hydrogen-bond donors (Lipinski definition) is 1. The summed E-state index contributed by atoms with van der Waals surface area (Å²) >= 11 is 0. The maximum Gasteiger partial charge on any atom is 0.416 e. The lowest BCUT2D eigenvalue weighted by atomic mass is 10.1. The van der Waals surface area contributed by atoms with Crippen LogP contribution < -0.4 is 5.32 Å². The Hall–Kier alpha value is -3.41. The first-order chi connectivity index (χ1) is 14.8. The molecular weight excluding hydrogens is 449 g/mol. The number of anilines is 1. The van der Waals surface area contributed by atoms with Gasteiger partial charge >= 0.3 is 6.18 Å². The molecule has 8 nitrogen and oxygen atoms in total. The Kier molecular flexibility index (Phi) is 6.00. The number of nitrogens with zero attached hydrogens (tertiary/aromatic N) is 3. The molecule has 0 unspecified atom stereocenters. The molecule has 2 aromatic carbocycles. The normalized spacial score (nSPS) is 13.1. The summed E-state index contributed by atoms with van der Waals surface area (Å²) in [5, 5.41) is 18.6. The zero-order valence-corrected chi connectivity index (χ0v) is 18.0. The van der Waals surface area contributed by atoms with E-state index in [4.69, 9.17) is 0 Å². The molecule has 1 N–H and O–H groups in total. The zero-order chi connectivity index (χ0) is 23.8. The average Bonchev–Trinajstić information content (AvgIpc) is 3.08. The minimum Gasteiger partial charge on any atom is -0.373 e. The van der Waals surface area contributed by atoms with Crippen molar-refractivity contribution in [1.29, 1.82) is 0 Å². The Morgan fingerprint density at radius 1 is 1.19 bits per heavy atom. The quantitative estimate of drug-likeness (QED) is 0.416. The molecule has 1 atom stereocenters. The number of nitro benzene ring substituents is 1. The van der Waals surface area contributed by atoms with E-state index in [9.17, 15) is 31.7 Å². The van der Waals surface area contributed by atoms with E-state index in [0.717, 1.165) is 24.5 Å². The number of alkyl halides is 3. The highest BCUT2D eigenvalue weighted by molar-refractivity contribution is 7.90. The number of nitro groups is 1. The molecule has 0 spiro atoms. The van der Waals surface area contributed by atoms with Crippen LogP contribution in [0.2, 0.25) is 0 Å². The Morgan fingerprint density at radius 2 is 1.88 bits per heavy atom. The number of hydrogen-bond acceptors (Lipinski definition) is 6. The van der Waals surface area contributed by atoms with Crippen molar-refractivity contribution in [3.8, 4) is 5.69 Å². The molecule has 3 rings (SSSR count). The molecule has 0 bridgehead atoms. The van der Waals surface area contributed by atoms with Crippen LogP contribution in [0.4, 0.5) is 24.5 Å². The lowest BCUT2D eigenvalue weighted by Crippen LogP contribution is -2.11. The van der Waals surface area contributed by atoms with Crippen molar-refractivity contribution in [3.63, 3.8) is 0 Å². The lowest BCUT2D eigenvalue weighted by Gasteiger charge is -2.16. The van der Waals surface area contributed by atoms with Gasteiger partial charge in [-0.05, 0) is 44.2 Å². The number of aromatic nitrogens is 2. The Morgan fingerprint density at radius 3 is 2.47 bits per heavy atom. The summed E-state index contributed by atoms with van der Waals surface area (Å²) in [4.78, 5) is 10.6. The van der Waals surface area contributed by atoms with E-state index in [1.165, 1.54) is 35.1 Å². The fourth-order valence-corrected chi connectivity index (χ4v) is 3.89. The van der Waals surface area contributed by atoms with Crippen molar-refractivity contribution < 1.29 is 26.5 Å². The zero-order valence-electron chi connectivity index (χ0n) is 17.2. The molecule has 1 heterocycles. The van der Waals surface area contributed by atoms with Crippen LogP contribution in [0, 0.1) is 17.0 Å². The van der Waals surface area contributed by atoms with Gasteiger partial charge in [-0.15, -0.1) is 0 Å². The van der Waals surface area contributed by atoms with Crippen molar-refractivity contribution in [2.45, 2.75) is 31.0 Å². The Bertz CT molecular complexity index is 1290. The SMILES string of the molecule is Cc1c([C@H](C)Nc2ccc(S(C)(=O)=O)cc2[N+](=O)[O-])cnn1-c1cccc(C(F)(F)F)c1. The van der Waals surface area contributed by atoms with Crippen LogP contribution in [0.5, 0.6) is 0 Å². The number of nitrogens with one attached hydrogen (secondary N) is 1. The van der Waals surface area contributed by atoms with Crippen molar-refractivity contribution in [3.05, 3.63) is 75.6 Å². The van der Waals surface area contributed by atoms with Crippen molar-refractivity contribution in [1.82, 2.24) is 9.78 Å². The third kappa shape index (κ3) is 4.74. The van der Waals surface area contributed by atoms with Crippen LogP contribution >= 0.6 is 0 Å². The fourth-order valence-electron chi connectivity index (χ4n) is 3.25. The van der Waals surface area contributed by atoms with Crippen LogP contribution in [0.25, 0.3) is 5.69 Å². The third-order valence-electron chi connectivity index (χ3n) is 4.90. The average molecular weight is 468 g/mol. The summed E-state index contributed by atoms with van der Waals surface area (Å²) in [6.07, 6.45) is -2.08. The van der Waals surface area contributed by atoms with Gasteiger partial charge in [0.2, 0.25) is 0 Å². The minimum absolute atomic E-state index is 0.0983. The summed E-state index contributed by atoms with van der Waals surface area (Å²) in [7, 11) is -3.63. The number of benzene rings is 2. The molecule has 0 aliphatic rings. The summed E-state index contributed by atoms with van der Waals surface area (Å²) in [6.45, 7) is 3.37. The third-order valence-corrected chi connectivity index (χ3v) is 6.01. The first kappa shape index (κ1) is 23.3. The molecule has 0 amide bonds. The van der Waals surface area contributed by atoms with Crippen molar-refractivity contribution in [2.24, 2.45) is 0 Å². The maximum atomic E-state index is 13.0. The summed E-state index contributed by atoms with van der Waals surface area (Å²) < 4.78 is 63.9. The molecule has 0 saturated carbocycles. The van der Waals surface area contributed by atoms with Crippen LogP contribution in [-0.2, 0) is 16.0 Å². The molecule has 12 heteroatoms. The largest absolute Gasteiger partial charge is 0.416 e. The summed E-state index contributed by atoms with van der Waals surface area (Å²) in [5.74, 6) is 0. The molecule has 32 heavy (non-hydrogen) atoms. The van der Waals surface area contributed by atoms with Gasteiger partial charge in [0.05, 0.1) is 33.3 Å². The van der Waals surface area contributed by atoms with Gasteiger partial charge in [-0.1, -0.05) is 6.07 Å². The maximum absolute atomic E-state index is 13.0. The van der Waals surface area contributed by atoms with Crippen LogP contribution in [0.3, 0.4) is 0 Å². The summed E-state index contributed by atoms with van der Waals surface area (Å²) in [5.41, 5.74) is 0.242. The number of rotatable bonds is 6. The molecule has 0 saturated heterocycles. The molecular formula is C20H19F3N4O4S. The van der Waals surface area contributed by atoms with Gasteiger partial charge in [0, 0.05) is 23.6 Å². The van der Waals surface area contributed by atoms with Gasteiger partial charge in [0.1, 0.15) is 5.69 Å². The van der Waals surface area contributed by atoms with Crippen LogP contribution in [0.15, 0.2) is 53.6 Å². The molecule has 3 aromatic rings. The minimum atomic E-state index is -4.49. The molecule has 0 fully saturated rings. The standard InChI is InChI=1S/C20H19F3N4O4S/c1-12(25-18-8-7-16(32(3,30)31)10-19(18)27(28)29)17-11-24-26(13(17)2)15-6-4-5-14(9-15)20(21,22)23/h4-12,25H,1-3H3/t12-/m0/s1. The fraction of sp³-hybridized carbons (Fsp3) is 0.250. The van der Waals surface area contributed by atoms with Gasteiger partial charge < -0.3 is 5.32 Å². The molecule has 0 aliphatic carbocycles. The van der Waals surface area contributed by atoms with Gasteiger partial charge in [-0.25, -0.2) is 13.1 Å². The molecule has 0 radical (unpaired) electrons. The van der Waals surface area contributed by atoms with Gasteiger partial charge in [0.25, 0.3) is 5.69 Å². The van der Waals surface area contributed by atoms with Gasteiger partial charge in [-0.2, -0.15) is 18.3 Å². The van der Waals surface area contributed by atoms with Crippen LogP contribution in [0.1, 0.15) is 29.8 Å². The predicted molar refractivity (Wildman–Crippen MR) is 112 cm³/mol. The predicted octanol–water partition coefficient (Wildman–Crippen LogP) is 4.68. The number of halogens is 3. The monoisotopic (exact) mass is 468 g/mol. The first-order valence-corrected chi connectivity index (χ1v) is 11.2. The first-order valence-electron chi connectivity index (χ1n) is 9.26. The lowest BCUT2D eigenvalue weighted by molar-refractivity contribution is -0.384. The van der Waals surface area contributed by atoms with Gasteiger partial charge in [0.15, 0.2) is 9.84 Å². The second-order valence-electron chi connectivity index (χ2n) is 7.22. The Labute approximate surface area is 181 Å². The summed E-state index contributed by atoms with van der Waals surface area (Å²) in [6, 6.07) is 7.75. The van der Waals surface area contributed by atoms with Gasteiger partial charge in [-0.3, -0.25) is 10.1 Å². The Balaban J connectivity index is 1.94. The number of sulfone groups is 1. The van der Waals surface area contributed by atoms with E-state index in [1.54, 1.807) is 13.8 Å². The van der Waals surface area contributed by atoms with Crippen molar-refractivity contribution >= 4 is 21.2 Å². The highest BCUT2D eigenvalue weighted by Crippen LogP contribution is 2.33.